The third-order valence-electron chi connectivity index (χ3n) is 5.23. The highest BCUT2D eigenvalue weighted by molar-refractivity contribution is 6.30. The Hall–Kier alpha value is -2.37. The molecule has 0 aliphatic carbocycles. The Morgan fingerprint density at radius 2 is 1.89 bits per heavy atom. The molecule has 1 saturated heterocycles. The lowest BCUT2D eigenvalue weighted by Gasteiger charge is -2.36. The first kappa shape index (κ1) is 18.0. The molecule has 0 spiro atoms. The van der Waals surface area contributed by atoms with Crippen LogP contribution in [0.15, 0.2) is 54.9 Å². The summed E-state index contributed by atoms with van der Waals surface area (Å²) in [4.78, 5) is 21.7. The fourth-order valence-electron chi connectivity index (χ4n) is 3.69. The zero-order chi connectivity index (χ0) is 18.8. The first-order valence-corrected chi connectivity index (χ1v) is 9.67. The van der Waals surface area contributed by atoms with Crippen LogP contribution in [0.25, 0.3) is 11.0 Å². The monoisotopic (exact) mass is 382 g/mol. The minimum Gasteiger partial charge on any atom is -0.338 e. The predicted molar refractivity (Wildman–Crippen MR) is 108 cm³/mol. The van der Waals surface area contributed by atoms with E-state index in [1.165, 1.54) is 5.56 Å². The molecule has 1 aliphatic heterocycles. The number of carbonyl (C=O) groups excluding carboxylic acids is 1. The number of para-hydroxylation sites is 2. The third-order valence-corrected chi connectivity index (χ3v) is 5.47. The molecule has 0 N–H and O–H groups in total. The number of aromatic nitrogens is 2. The maximum Gasteiger partial charge on any atom is 0.245 e. The quantitative estimate of drug-likeness (QED) is 0.692. The van der Waals surface area contributed by atoms with Crippen molar-refractivity contribution in [2.75, 3.05) is 26.2 Å². The van der Waals surface area contributed by atoms with Gasteiger partial charge in [-0.3, -0.25) is 9.69 Å². The average molecular weight is 383 g/mol. The number of imidazole rings is 1. The van der Waals surface area contributed by atoms with Crippen LogP contribution < -0.4 is 0 Å². The molecule has 3 aromatic rings. The van der Waals surface area contributed by atoms with Gasteiger partial charge in [0, 0.05) is 37.7 Å². The highest BCUT2D eigenvalue weighted by Gasteiger charge is 2.26. The van der Waals surface area contributed by atoms with Gasteiger partial charge in [0.1, 0.15) is 6.04 Å². The molecule has 1 amide bonds. The Morgan fingerprint density at radius 3 is 2.67 bits per heavy atom. The number of halogens is 1. The van der Waals surface area contributed by atoms with Crippen molar-refractivity contribution in [1.82, 2.24) is 19.4 Å². The van der Waals surface area contributed by atoms with E-state index in [1.54, 1.807) is 6.33 Å². The van der Waals surface area contributed by atoms with Crippen molar-refractivity contribution in [2.45, 2.75) is 19.5 Å². The molecule has 5 nitrogen and oxygen atoms in total. The van der Waals surface area contributed by atoms with Crippen molar-refractivity contribution in [1.29, 1.82) is 0 Å². The van der Waals surface area contributed by atoms with Gasteiger partial charge in [-0.25, -0.2) is 4.98 Å². The van der Waals surface area contributed by atoms with Crippen molar-refractivity contribution >= 4 is 28.5 Å². The topological polar surface area (TPSA) is 41.4 Å². The predicted octanol–water partition coefficient (Wildman–Crippen LogP) is 3.60. The van der Waals surface area contributed by atoms with Crippen LogP contribution in [0.4, 0.5) is 0 Å². The molecule has 1 aliphatic rings. The summed E-state index contributed by atoms with van der Waals surface area (Å²) >= 11 is 6.07. The summed E-state index contributed by atoms with van der Waals surface area (Å²) in [7, 11) is 0. The lowest BCUT2D eigenvalue weighted by atomic mass is 10.2. The number of hydrogen-bond acceptors (Lipinski definition) is 3. The van der Waals surface area contributed by atoms with E-state index >= 15 is 0 Å². The number of nitrogens with zero attached hydrogens (tertiary/aromatic N) is 4. The Kier molecular flexibility index (Phi) is 5.14. The molecule has 4 rings (SSSR count). The van der Waals surface area contributed by atoms with Gasteiger partial charge in [-0.05, 0) is 36.8 Å². The van der Waals surface area contributed by atoms with Gasteiger partial charge in [0.15, 0.2) is 0 Å². The normalized spacial score (nSPS) is 16.6. The summed E-state index contributed by atoms with van der Waals surface area (Å²) in [5.74, 6) is 0.153. The van der Waals surface area contributed by atoms with Crippen LogP contribution in [0.3, 0.4) is 0 Å². The highest BCUT2D eigenvalue weighted by Crippen LogP contribution is 2.20. The largest absolute Gasteiger partial charge is 0.338 e. The molecule has 2 heterocycles. The average Bonchev–Trinajstić information content (AvgIpc) is 3.12. The fourth-order valence-corrected chi connectivity index (χ4v) is 3.90. The van der Waals surface area contributed by atoms with Crippen LogP contribution in [-0.2, 0) is 11.3 Å². The van der Waals surface area contributed by atoms with Crippen LogP contribution in [0.1, 0.15) is 18.5 Å². The van der Waals surface area contributed by atoms with Gasteiger partial charge >= 0.3 is 0 Å². The summed E-state index contributed by atoms with van der Waals surface area (Å²) in [6.07, 6.45) is 1.77. The minimum atomic E-state index is -0.253. The summed E-state index contributed by atoms with van der Waals surface area (Å²) in [5, 5.41) is 0.766. The number of carbonyl (C=O) groups is 1. The number of benzene rings is 2. The van der Waals surface area contributed by atoms with Gasteiger partial charge in [-0.15, -0.1) is 0 Å². The molecule has 27 heavy (non-hydrogen) atoms. The van der Waals surface area contributed by atoms with Crippen molar-refractivity contribution in [2.24, 2.45) is 0 Å². The second-order valence-corrected chi connectivity index (χ2v) is 7.48. The molecular weight excluding hydrogens is 360 g/mol. The van der Waals surface area contributed by atoms with Gasteiger partial charge in [0.2, 0.25) is 5.91 Å². The first-order chi connectivity index (χ1) is 13.1. The van der Waals surface area contributed by atoms with Crippen molar-refractivity contribution < 1.29 is 4.79 Å². The molecule has 1 fully saturated rings. The number of hydrogen-bond donors (Lipinski definition) is 0. The Bertz CT molecular complexity index is 946. The maximum atomic E-state index is 13.0. The lowest BCUT2D eigenvalue weighted by molar-refractivity contribution is -0.136. The summed E-state index contributed by atoms with van der Waals surface area (Å²) < 4.78 is 1.97. The van der Waals surface area contributed by atoms with Crippen LogP contribution in [0.5, 0.6) is 0 Å². The zero-order valence-corrected chi connectivity index (χ0v) is 16.1. The molecule has 0 unspecified atom stereocenters. The second kappa shape index (κ2) is 7.71. The molecule has 0 radical (unpaired) electrons. The molecule has 6 heteroatoms. The minimum absolute atomic E-state index is 0.153. The molecule has 1 atom stereocenters. The van der Waals surface area contributed by atoms with Crippen molar-refractivity contribution in [3.63, 3.8) is 0 Å². The molecule has 0 saturated carbocycles. The van der Waals surface area contributed by atoms with Gasteiger partial charge in [0.05, 0.1) is 17.4 Å². The van der Waals surface area contributed by atoms with E-state index in [4.69, 9.17) is 11.6 Å². The molecule has 140 valence electrons. The van der Waals surface area contributed by atoms with Crippen LogP contribution in [0, 0.1) is 0 Å². The number of rotatable bonds is 4. The Labute approximate surface area is 164 Å². The number of fused-ring (bicyclic) bond motifs is 1. The van der Waals surface area contributed by atoms with Crippen LogP contribution >= 0.6 is 11.6 Å². The smallest absolute Gasteiger partial charge is 0.245 e. The highest BCUT2D eigenvalue weighted by atomic mass is 35.5. The van der Waals surface area contributed by atoms with Crippen LogP contribution in [0.2, 0.25) is 5.02 Å². The number of piperazine rings is 1. The van der Waals surface area contributed by atoms with Gasteiger partial charge < -0.3 is 9.47 Å². The zero-order valence-electron chi connectivity index (χ0n) is 15.4. The van der Waals surface area contributed by atoms with E-state index in [2.05, 4.69) is 16.0 Å². The van der Waals surface area contributed by atoms with E-state index in [0.717, 1.165) is 48.8 Å². The van der Waals surface area contributed by atoms with E-state index in [9.17, 15) is 4.79 Å². The van der Waals surface area contributed by atoms with E-state index in [1.807, 2.05) is 58.9 Å². The Balaban J connectivity index is 1.38. The summed E-state index contributed by atoms with van der Waals surface area (Å²) in [6, 6.07) is 15.6. The van der Waals surface area contributed by atoms with Gasteiger partial charge in [-0.1, -0.05) is 35.9 Å². The van der Waals surface area contributed by atoms with Crippen molar-refractivity contribution in [3.05, 3.63) is 65.4 Å². The Morgan fingerprint density at radius 1 is 1.11 bits per heavy atom. The van der Waals surface area contributed by atoms with Gasteiger partial charge in [0.25, 0.3) is 0 Å². The van der Waals surface area contributed by atoms with Crippen molar-refractivity contribution in [3.8, 4) is 0 Å². The summed E-state index contributed by atoms with van der Waals surface area (Å²) in [5.41, 5.74) is 3.13. The number of amides is 1. The standard InChI is InChI=1S/C21H23ClN4O/c1-16(26-15-23-19-7-2-3-8-20(19)26)21(27)25-11-9-24(10-12-25)14-17-5-4-6-18(22)13-17/h2-8,13,15-16H,9-12,14H2,1H3/t16-/m1/s1. The van der Waals surface area contributed by atoms with Crippen LogP contribution in [-0.4, -0.2) is 51.4 Å². The maximum absolute atomic E-state index is 13.0. The molecule has 0 bridgehead atoms. The van der Waals surface area contributed by atoms with E-state index in [0.29, 0.717) is 0 Å². The fraction of sp³-hybridized carbons (Fsp3) is 0.333. The summed E-state index contributed by atoms with van der Waals surface area (Å²) in [6.45, 7) is 6.05. The van der Waals surface area contributed by atoms with E-state index < -0.39 is 0 Å². The third kappa shape index (κ3) is 3.84. The van der Waals surface area contributed by atoms with Gasteiger partial charge in [-0.2, -0.15) is 0 Å². The van der Waals surface area contributed by atoms with E-state index in [-0.39, 0.29) is 11.9 Å². The lowest BCUT2D eigenvalue weighted by Crippen LogP contribution is -2.49. The molecule has 2 aromatic carbocycles. The first-order valence-electron chi connectivity index (χ1n) is 9.29. The molecule has 1 aromatic heterocycles. The molecular formula is C21H23ClN4O. The SMILES string of the molecule is C[C@H](C(=O)N1CCN(Cc2cccc(Cl)c2)CC1)n1cnc2ccccc21. The second-order valence-electron chi connectivity index (χ2n) is 7.05.